The van der Waals surface area contributed by atoms with Crippen molar-refractivity contribution in [3.05, 3.63) is 52.0 Å². The fraction of sp³-hybridized carbons (Fsp3) is 0.444. The standard InChI is InChI=1S/C23H27Cl2N3O2.C4H6O6/c24-19-4-3-5-21(23(19)25)28-13-11-27(12-14-28)10-1-2-15-30-18-8-6-17-7-9-22(29)26-20(17)16-18;5-1(3(7)8)2(6)4(9)10/h3-6,8,16H,1-2,7,9-15H2,(H,26,29);1-2,5-6H,(H,7,8)(H,9,10). The summed E-state index contributed by atoms with van der Waals surface area (Å²) >= 11 is 12.5. The van der Waals surface area contributed by atoms with Crippen molar-refractivity contribution in [1.82, 2.24) is 4.90 Å². The number of piperazine rings is 1. The molecule has 0 saturated carbocycles. The molecule has 218 valence electrons. The first kappa shape index (κ1) is 31.4. The van der Waals surface area contributed by atoms with Crippen LogP contribution in [0.5, 0.6) is 5.75 Å². The van der Waals surface area contributed by atoms with Crippen molar-refractivity contribution in [1.29, 1.82) is 0 Å². The molecule has 2 unspecified atom stereocenters. The van der Waals surface area contributed by atoms with Crippen LogP contribution < -0.4 is 15.0 Å². The molecule has 4 rings (SSSR count). The topological polar surface area (TPSA) is 160 Å². The van der Waals surface area contributed by atoms with E-state index in [-0.39, 0.29) is 5.91 Å². The first-order valence-electron chi connectivity index (χ1n) is 12.9. The maximum absolute atomic E-state index is 11.5. The molecule has 2 aromatic rings. The second-order valence-corrected chi connectivity index (χ2v) is 10.2. The largest absolute Gasteiger partial charge is 0.494 e. The van der Waals surface area contributed by atoms with E-state index < -0.39 is 24.1 Å². The molecule has 1 amide bonds. The van der Waals surface area contributed by atoms with Gasteiger partial charge in [0.25, 0.3) is 0 Å². The second-order valence-electron chi connectivity index (χ2n) is 9.39. The molecule has 2 heterocycles. The maximum atomic E-state index is 11.5. The van der Waals surface area contributed by atoms with Crippen LogP contribution in [-0.4, -0.2) is 94.7 Å². The highest BCUT2D eigenvalue weighted by Crippen LogP contribution is 2.33. The Bertz CT molecular complexity index is 1170. The zero-order chi connectivity index (χ0) is 29.2. The van der Waals surface area contributed by atoms with Gasteiger partial charge in [-0.05, 0) is 49.6 Å². The number of aliphatic hydroxyl groups is 2. The molecule has 1 saturated heterocycles. The summed E-state index contributed by atoms with van der Waals surface area (Å²) in [6.07, 6.45) is -1.06. The van der Waals surface area contributed by atoms with Gasteiger partial charge < -0.3 is 35.4 Å². The molecule has 0 spiro atoms. The number of aliphatic carboxylic acids is 2. The zero-order valence-electron chi connectivity index (χ0n) is 21.8. The molecule has 1 fully saturated rings. The highest BCUT2D eigenvalue weighted by atomic mass is 35.5. The van der Waals surface area contributed by atoms with E-state index in [9.17, 15) is 14.4 Å². The Morgan fingerprint density at radius 2 is 1.62 bits per heavy atom. The Morgan fingerprint density at radius 3 is 2.27 bits per heavy atom. The van der Waals surface area contributed by atoms with Crippen molar-refractivity contribution in [3.63, 3.8) is 0 Å². The number of hydrogen-bond donors (Lipinski definition) is 5. The van der Waals surface area contributed by atoms with Gasteiger partial charge in [-0.2, -0.15) is 0 Å². The number of carbonyl (C=O) groups is 3. The quantitative estimate of drug-likeness (QED) is 0.258. The van der Waals surface area contributed by atoms with Gasteiger partial charge in [0.2, 0.25) is 5.91 Å². The Balaban J connectivity index is 0.000000378. The molecule has 13 heteroatoms. The number of unbranched alkanes of at least 4 members (excludes halogenated alkanes) is 1. The van der Waals surface area contributed by atoms with Crippen molar-refractivity contribution in [2.24, 2.45) is 0 Å². The monoisotopic (exact) mass is 597 g/mol. The third kappa shape index (κ3) is 8.97. The molecule has 5 N–H and O–H groups in total. The number of carbonyl (C=O) groups excluding carboxylic acids is 1. The van der Waals surface area contributed by atoms with Crippen LogP contribution in [-0.2, 0) is 20.8 Å². The number of anilines is 2. The first-order chi connectivity index (χ1) is 19.1. The SMILES string of the molecule is O=C(O)C(O)C(O)C(=O)O.O=C1CCc2ccc(OCCCCN3CCN(c4cccc(Cl)c4Cl)CC3)cc2N1. The van der Waals surface area contributed by atoms with E-state index in [1.807, 2.05) is 30.3 Å². The third-order valence-electron chi connectivity index (χ3n) is 6.56. The minimum atomic E-state index is -2.27. The van der Waals surface area contributed by atoms with Crippen LogP contribution in [0.4, 0.5) is 11.4 Å². The van der Waals surface area contributed by atoms with Gasteiger partial charge in [-0.1, -0.05) is 35.3 Å². The van der Waals surface area contributed by atoms with Crippen LogP contribution in [0.1, 0.15) is 24.8 Å². The Labute approximate surface area is 241 Å². The lowest BCUT2D eigenvalue weighted by Crippen LogP contribution is -2.46. The molecule has 2 atom stereocenters. The molecule has 0 aliphatic carbocycles. The van der Waals surface area contributed by atoms with Gasteiger partial charge in [0.1, 0.15) is 5.75 Å². The van der Waals surface area contributed by atoms with E-state index in [0.29, 0.717) is 23.1 Å². The number of hydrogen-bond acceptors (Lipinski definition) is 8. The van der Waals surface area contributed by atoms with Gasteiger partial charge in [0.15, 0.2) is 12.2 Å². The normalized spacial score (nSPS) is 16.6. The van der Waals surface area contributed by atoms with Crippen LogP contribution in [0.2, 0.25) is 10.0 Å². The summed E-state index contributed by atoms with van der Waals surface area (Å²) in [6, 6.07) is 11.8. The lowest BCUT2D eigenvalue weighted by atomic mass is 10.0. The number of amides is 1. The number of fused-ring (bicyclic) bond motifs is 1. The molecule has 11 nitrogen and oxygen atoms in total. The second kappa shape index (κ2) is 15.1. The highest BCUT2D eigenvalue weighted by molar-refractivity contribution is 6.43. The molecule has 40 heavy (non-hydrogen) atoms. The summed E-state index contributed by atoms with van der Waals surface area (Å²) in [5.74, 6) is -2.63. The summed E-state index contributed by atoms with van der Waals surface area (Å²) < 4.78 is 5.89. The Morgan fingerprint density at radius 1 is 0.950 bits per heavy atom. The number of benzene rings is 2. The number of halogens is 2. The summed E-state index contributed by atoms with van der Waals surface area (Å²) in [4.78, 5) is 35.9. The van der Waals surface area contributed by atoms with Crippen molar-refractivity contribution in [2.45, 2.75) is 37.9 Å². The first-order valence-corrected chi connectivity index (χ1v) is 13.6. The van der Waals surface area contributed by atoms with Crippen LogP contribution in [0.3, 0.4) is 0 Å². The lowest BCUT2D eigenvalue weighted by Gasteiger charge is -2.36. The molecular formula is C27H33Cl2N3O8. The fourth-order valence-corrected chi connectivity index (χ4v) is 4.70. The van der Waals surface area contributed by atoms with E-state index in [0.717, 1.165) is 69.1 Å². The Kier molecular flexibility index (Phi) is 11.8. The molecular weight excluding hydrogens is 565 g/mol. The fourth-order valence-electron chi connectivity index (χ4n) is 4.29. The minimum Gasteiger partial charge on any atom is -0.494 e. The number of carboxylic acid groups (broad SMARTS) is 2. The Hall–Kier alpha value is -3.09. The predicted octanol–water partition coefficient (Wildman–Crippen LogP) is 2.74. The zero-order valence-corrected chi connectivity index (χ0v) is 23.3. The summed E-state index contributed by atoms with van der Waals surface area (Å²) in [5.41, 5.74) is 3.10. The number of carboxylic acids is 2. The molecule has 0 radical (unpaired) electrons. The lowest BCUT2D eigenvalue weighted by molar-refractivity contribution is -0.165. The third-order valence-corrected chi connectivity index (χ3v) is 7.37. The van der Waals surface area contributed by atoms with E-state index >= 15 is 0 Å². The van der Waals surface area contributed by atoms with Gasteiger partial charge in [-0.25, -0.2) is 9.59 Å². The molecule has 0 aromatic heterocycles. The van der Waals surface area contributed by atoms with Crippen molar-refractivity contribution >= 4 is 52.4 Å². The molecule has 2 aromatic carbocycles. The van der Waals surface area contributed by atoms with Crippen LogP contribution in [0.25, 0.3) is 0 Å². The van der Waals surface area contributed by atoms with Gasteiger partial charge >= 0.3 is 11.9 Å². The van der Waals surface area contributed by atoms with E-state index in [2.05, 4.69) is 21.2 Å². The summed E-state index contributed by atoms with van der Waals surface area (Å²) in [7, 11) is 0. The average Bonchev–Trinajstić information content (AvgIpc) is 2.94. The van der Waals surface area contributed by atoms with Gasteiger partial charge in [-0.3, -0.25) is 9.69 Å². The number of nitrogens with one attached hydrogen (secondary N) is 1. The molecule has 2 aliphatic heterocycles. The van der Waals surface area contributed by atoms with Gasteiger partial charge in [-0.15, -0.1) is 0 Å². The van der Waals surface area contributed by atoms with E-state index in [1.54, 1.807) is 0 Å². The van der Waals surface area contributed by atoms with E-state index in [1.165, 1.54) is 5.56 Å². The number of ether oxygens (including phenoxy) is 1. The minimum absolute atomic E-state index is 0.0809. The molecule has 0 bridgehead atoms. The number of aryl methyl sites for hydroxylation is 1. The van der Waals surface area contributed by atoms with Crippen LogP contribution >= 0.6 is 23.2 Å². The summed E-state index contributed by atoms with van der Waals surface area (Å²) in [6.45, 7) is 5.71. The number of aliphatic hydroxyl groups excluding tert-OH is 2. The summed E-state index contributed by atoms with van der Waals surface area (Å²) in [5, 5.41) is 36.7. The van der Waals surface area contributed by atoms with Gasteiger partial charge in [0, 0.05) is 44.4 Å². The number of nitrogens with zero attached hydrogens (tertiary/aromatic N) is 2. The predicted molar refractivity (Wildman–Crippen MR) is 151 cm³/mol. The maximum Gasteiger partial charge on any atom is 0.335 e. The van der Waals surface area contributed by atoms with Gasteiger partial charge in [0.05, 0.1) is 22.3 Å². The average molecular weight is 598 g/mol. The molecule has 2 aliphatic rings. The highest BCUT2D eigenvalue weighted by Gasteiger charge is 2.29. The van der Waals surface area contributed by atoms with Crippen molar-refractivity contribution in [2.75, 3.05) is 49.5 Å². The van der Waals surface area contributed by atoms with Crippen LogP contribution in [0.15, 0.2) is 36.4 Å². The number of rotatable bonds is 10. The van der Waals surface area contributed by atoms with Crippen molar-refractivity contribution < 1.29 is 39.5 Å². The van der Waals surface area contributed by atoms with Crippen LogP contribution in [0, 0.1) is 0 Å². The van der Waals surface area contributed by atoms with Crippen molar-refractivity contribution in [3.8, 4) is 5.75 Å². The van der Waals surface area contributed by atoms with E-state index in [4.69, 9.17) is 48.4 Å². The smallest absolute Gasteiger partial charge is 0.335 e.